The summed E-state index contributed by atoms with van der Waals surface area (Å²) in [5.74, 6) is -0.735. The van der Waals surface area contributed by atoms with Gasteiger partial charge in [-0.3, -0.25) is 24.3 Å². The summed E-state index contributed by atoms with van der Waals surface area (Å²) < 4.78 is 0. The van der Waals surface area contributed by atoms with E-state index in [1.165, 1.54) is 23.7 Å². The predicted octanol–water partition coefficient (Wildman–Crippen LogP) is 2.31. The molecular weight excluding hydrogens is 360 g/mol. The molecule has 9 heteroatoms. The Bertz CT molecular complexity index is 832. The van der Waals surface area contributed by atoms with Crippen molar-refractivity contribution in [3.8, 4) is 0 Å². The molecule has 0 aliphatic carbocycles. The van der Waals surface area contributed by atoms with Crippen LogP contribution < -0.4 is 5.32 Å². The lowest BCUT2D eigenvalue weighted by atomic mass is 10.3. The molecule has 2 aromatic rings. The van der Waals surface area contributed by atoms with Gasteiger partial charge in [-0.1, -0.05) is 6.07 Å². The summed E-state index contributed by atoms with van der Waals surface area (Å²) in [6.45, 7) is 2.04. The molecule has 1 aliphatic rings. The Morgan fingerprint density at radius 1 is 1.32 bits per heavy atom. The van der Waals surface area contributed by atoms with E-state index in [2.05, 4.69) is 15.3 Å². The molecule has 1 fully saturated rings. The second kappa shape index (κ2) is 7.58. The zero-order chi connectivity index (χ0) is 17.8. The number of imide groups is 1. The Labute approximate surface area is 152 Å². The molecule has 1 N–H and O–H groups in total. The fourth-order valence-electron chi connectivity index (χ4n) is 2.08. The summed E-state index contributed by atoms with van der Waals surface area (Å²) in [7, 11) is 0. The molecule has 1 saturated heterocycles. The zero-order valence-corrected chi connectivity index (χ0v) is 14.9. The van der Waals surface area contributed by atoms with Crippen molar-refractivity contribution < 1.29 is 14.4 Å². The number of hydrogen-bond acceptors (Lipinski definition) is 7. The van der Waals surface area contributed by atoms with Crippen molar-refractivity contribution in [3.05, 3.63) is 51.1 Å². The van der Waals surface area contributed by atoms with Gasteiger partial charge in [-0.05, 0) is 36.2 Å². The summed E-state index contributed by atoms with van der Waals surface area (Å²) in [5, 5.41) is 4.20. The molecule has 3 amide bonds. The Kier molecular flexibility index (Phi) is 5.25. The molecule has 0 aromatic carbocycles. The molecule has 0 atom stereocenters. The molecule has 3 rings (SSSR count). The molecule has 0 saturated carbocycles. The van der Waals surface area contributed by atoms with E-state index in [4.69, 9.17) is 0 Å². The number of carbonyl (C=O) groups is 3. The van der Waals surface area contributed by atoms with Crippen LogP contribution in [0.15, 0.2) is 34.8 Å². The zero-order valence-electron chi connectivity index (χ0n) is 13.3. The minimum atomic E-state index is -0.395. The lowest BCUT2D eigenvalue weighted by molar-refractivity contribution is -0.122. The van der Waals surface area contributed by atoms with Crippen LogP contribution in [-0.2, 0) is 4.79 Å². The quantitative estimate of drug-likeness (QED) is 0.808. The maximum absolute atomic E-state index is 12.3. The molecule has 0 radical (unpaired) electrons. The topological polar surface area (TPSA) is 92.3 Å². The first-order valence-corrected chi connectivity index (χ1v) is 9.10. The molecule has 3 heterocycles. The smallest absolute Gasteiger partial charge is 0.293 e. The van der Waals surface area contributed by atoms with Crippen molar-refractivity contribution >= 4 is 46.2 Å². The monoisotopic (exact) mass is 374 g/mol. The van der Waals surface area contributed by atoms with Crippen molar-refractivity contribution in [2.45, 2.75) is 6.92 Å². The van der Waals surface area contributed by atoms with E-state index in [9.17, 15) is 14.4 Å². The summed E-state index contributed by atoms with van der Waals surface area (Å²) in [6, 6.07) is 3.76. The first-order chi connectivity index (χ1) is 12.0. The Hall–Kier alpha value is -2.52. The number of thiophene rings is 1. The van der Waals surface area contributed by atoms with Gasteiger partial charge in [0, 0.05) is 24.2 Å². The molecule has 0 bridgehead atoms. The van der Waals surface area contributed by atoms with E-state index in [0.29, 0.717) is 10.6 Å². The number of nitrogens with one attached hydrogen (secondary N) is 1. The highest BCUT2D eigenvalue weighted by molar-refractivity contribution is 8.18. The highest BCUT2D eigenvalue weighted by atomic mass is 32.2. The van der Waals surface area contributed by atoms with Crippen molar-refractivity contribution in [2.24, 2.45) is 0 Å². The van der Waals surface area contributed by atoms with Crippen LogP contribution in [0.5, 0.6) is 0 Å². The van der Waals surface area contributed by atoms with Crippen LogP contribution >= 0.6 is 23.1 Å². The van der Waals surface area contributed by atoms with Crippen molar-refractivity contribution in [3.63, 3.8) is 0 Å². The molecule has 0 spiro atoms. The second-order valence-electron chi connectivity index (χ2n) is 5.15. The van der Waals surface area contributed by atoms with E-state index < -0.39 is 5.91 Å². The first kappa shape index (κ1) is 17.3. The summed E-state index contributed by atoms with van der Waals surface area (Å²) in [6.07, 6.45) is 4.59. The van der Waals surface area contributed by atoms with E-state index in [0.717, 1.165) is 21.5 Å². The van der Waals surface area contributed by atoms with E-state index in [1.807, 2.05) is 17.5 Å². The maximum atomic E-state index is 12.3. The largest absolute Gasteiger partial charge is 0.349 e. The number of aryl methyl sites for hydroxylation is 1. The molecule has 128 valence electrons. The summed E-state index contributed by atoms with van der Waals surface area (Å²) >= 11 is 2.40. The standard InChI is InChI=1S/C16H14N4O3S2/c1-10-8-19-12(9-18-10)14(21)17-4-5-20-15(22)13(25-16(20)23)7-11-3-2-6-24-11/h2-3,6-9H,4-5H2,1H3,(H,17,21)/b13-7-. The van der Waals surface area contributed by atoms with E-state index in [1.54, 1.807) is 13.0 Å². The van der Waals surface area contributed by atoms with Crippen LogP contribution in [0.3, 0.4) is 0 Å². The van der Waals surface area contributed by atoms with Crippen molar-refractivity contribution in [1.29, 1.82) is 0 Å². The molecule has 7 nitrogen and oxygen atoms in total. The van der Waals surface area contributed by atoms with Crippen LogP contribution in [0.4, 0.5) is 4.79 Å². The number of amides is 3. The third kappa shape index (κ3) is 4.12. The van der Waals surface area contributed by atoms with Gasteiger partial charge in [-0.15, -0.1) is 11.3 Å². The van der Waals surface area contributed by atoms with Crippen LogP contribution in [0.25, 0.3) is 6.08 Å². The fourth-order valence-corrected chi connectivity index (χ4v) is 3.66. The van der Waals surface area contributed by atoms with Gasteiger partial charge in [-0.2, -0.15) is 0 Å². The van der Waals surface area contributed by atoms with Crippen LogP contribution in [0.1, 0.15) is 21.1 Å². The first-order valence-electron chi connectivity index (χ1n) is 7.40. The van der Waals surface area contributed by atoms with Gasteiger partial charge in [0.2, 0.25) is 0 Å². The number of aromatic nitrogens is 2. The minimum Gasteiger partial charge on any atom is -0.349 e. The average molecular weight is 374 g/mol. The fraction of sp³-hybridized carbons (Fsp3) is 0.188. The van der Waals surface area contributed by atoms with Gasteiger partial charge in [0.15, 0.2) is 0 Å². The van der Waals surface area contributed by atoms with Gasteiger partial charge >= 0.3 is 0 Å². The molecular formula is C16H14N4O3S2. The average Bonchev–Trinajstić information content (AvgIpc) is 3.19. The normalized spacial score (nSPS) is 15.9. The highest BCUT2D eigenvalue weighted by Gasteiger charge is 2.34. The second-order valence-corrected chi connectivity index (χ2v) is 7.12. The Morgan fingerprint density at radius 3 is 2.84 bits per heavy atom. The van der Waals surface area contributed by atoms with E-state index >= 15 is 0 Å². The van der Waals surface area contributed by atoms with Crippen LogP contribution in [-0.4, -0.2) is 45.0 Å². The van der Waals surface area contributed by atoms with Crippen LogP contribution in [0, 0.1) is 6.92 Å². The lowest BCUT2D eigenvalue weighted by Gasteiger charge is -2.12. The van der Waals surface area contributed by atoms with E-state index in [-0.39, 0.29) is 29.9 Å². The van der Waals surface area contributed by atoms with Crippen LogP contribution in [0.2, 0.25) is 0 Å². The molecule has 0 unspecified atom stereocenters. The van der Waals surface area contributed by atoms with Gasteiger partial charge < -0.3 is 5.32 Å². The maximum Gasteiger partial charge on any atom is 0.293 e. The number of carbonyl (C=O) groups excluding carboxylic acids is 3. The SMILES string of the molecule is Cc1cnc(C(=O)NCCN2C(=O)S/C(=C\c3cccs3)C2=O)cn1. The lowest BCUT2D eigenvalue weighted by Crippen LogP contribution is -2.37. The molecule has 2 aromatic heterocycles. The summed E-state index contributed by atoms with van der Waals surface area (Å²) in [4.78, 5) is 46.7. The number of thioether (sulfide) groups is 1. The molecule has 1 aliphatic heterocycles. The Morgan fingerprint density at radius 2 is 2.16 bits per heavy atom. The number of nitrogens with zero attached hydrogens (tertiary/aromatic N) is 3. The van der Waals surface area contributed by atoms with Gasteiger partial charge in [-0.25, -0.2) is 4.98 Å². The van der Waals surface area contributed by atoms with Gasteiger partial charge in [0.05, 0.1) is 16.8 Å². The predicted molar refractivity (Wildman–Crippen MR) is 96.1 cm³/mol. The van der Waals surface area contributed by atoms with Crippen molar-refractivity contribution in [1.82, 2.24) is 20.2 Å². The van der Waals surface area contributed by atoms with Gasteiger partial charge in [0.1, 0.15) is 5.69 Å². The van der Waals surface area contributed by atoms with Crippen molar-refractivity contribution in [2.75, 3.05) is 13.1 Å². The molecule has 25 heavy (non-hydrogen) atoms. The highest BCUT2D eigenvalue weighted by Crippen LogP contribution is 2.32. The van der Waals surface area contributed by atoms with Gasteiger partial charge in [0.25, 0.3) is 17.1 Å². The third-order valence-electron chi connectivity index (χ3n) is 3.32. The minimum absolute atomic E-state index is 0.109. The summed E-state index contributed by atoms with van der Waals surface area (Å²) in [5.41, 5.74) is 0.907. The number of rotatable bonds is 5. The Balaban J connectivity index is 1.56. The third-order valence-corrected chi connectivity index (χ3v) is 5.05. The number of hydrogen-bond donors (Lipinski definition) is 1.